The average Bonchev–Trinajstić information content (AvgIpc) is 2.17. The molecule has 0 rings (SSSR count). The number of hydrogen-bond donors (Lipinski definition) is 1. The van der Waals surface area contributed by atoms with Gasteiger partial charge in [-0.2, -0.15) is 0 Å². The molecular formula is C12H23O2. The Balaban J connectivity index is 3.01. The van der Waals surface area contributed by atoms with Crippen LogP contribution in [0, 0.1) is 0 Å². The first kappa shape index (κ1) is 13.6. The third-order valence-corrected chi connectivity index (χ3v) is 2.46. The molecule has 1 radical (unpaired) electrons. The van der Waals surface area contributed by atoms with Gasteiger partial charge in [-0.05, 0) is 6.42 Å². The van der Waals surface area contributed by atoms with E-state index in [1.54, 1.807) is 6.29 Å². The fourth-order valence-electron chi connectivity index (χ4n) is 1.54. The van der Waals surface area contributed by atoms with E-state index in [4.69, 9.17) is 0 Å². The van der Waals surface area contributed by atoms with Gasteiger partial charge in [0.25, 0.3) is 0 Å². The lowest BCUT2D eigenvalue weighted by molar-refractivity contribution is 0.167. The van der Waals surface area contributed by atoms with Crippen molar-refractivity contribution in [2.45, 2.75) is 70.8 Å². The molecule has 83 valence electrons. The number of unbranched alkanes of at least 4 members (excludes halogenated alkanes) is 6. The van der Waals surface area contributed by atoms with Crippen molar-refractivity contribution in [1.82, 2.24) is 0 Å². The number of carbonyl (C=O) groups excluding carboxylic acids is 1. The second kappa shape index (κ2) is 10.7. The van der Waals surface area contributed by atoms with Crippen LogP contribution in [0.15, 0.2) is 0 Å². The molecule has 1 atom stereocenters. The quantitative estimate of drug-likeness (QED) is 0.549. The van der Waals surface area contributed by atoms with E-state index in [9.17, 15) is 9.90 Å². The molecule has 0 aromatic carbocycles. The van der Waals surface area contributed by atoms with Gasteiger partial charge in [-0.3, -0.25) is 4.79 Å². The minimum Gasteiger partial charge on any atom is -0.393 e. The Hall–Kier alpha value is -0.370. The summed E-state index contributed by atoms with van der Waals surface area (Å²) in [5.74, 6) is 0. The van der Waals surface area contributed by atoms with Crippen LogP contribution in [0.1, 0.15) is 64.7 Å². The summed E-state index contributed by atoms with van der Waals surface area (Å²) in [6.45, 7) is 2.21. The molecule has 2 heteroatoms. The summed E-state index contributed by atoms with van der Waals surface area (Å²) in [6.07, 6.45) is 11.0. The maximum atomic E-state index is 9.94. The van der Waals surface area contributed by atoms with Crippen LogP contribution >= 0.6 is 0 Å². The highest BCUT2D eigenvalue weighted by Gasteiger charge is 2.02. The Morgan fingerprint density at radius 2 is 1.64 bits per heavy atom. The fraction of sp³-hybridized carbons (Fsp3) is 0.917. The highest BCUT2D eigenvalue weighted by atomic mass is 16.3. The van der Waals surface area contributed by atoms with E-state index in [1.165, 1.54) is 38.5 Å². The second-order valence-electron chi connectivity index (χ2n) is 3.91. The zero-order chi connectivity index (χ0) is 10.6. The smallest absolute Gasteiger partial charge is 0.201 e. The molecule has 14 heavy (non-hydrogen) atoms. The van der Waals surface area contributed by atoms with Gasteiger partial charge in [0.1, 0.15) is 0 Å². The van der Waals surface area contributed by atoms with Crippen molar-refractivity contribution < 1.29 is 9.90 Å². The van der Waals surface area contributed by atoms with E-state index >= 15 is 0 Å². The molecule has 0 fully saturated rings. The van der Waals surface area contributed by atoms with E-state index in [0.717, 1.165) is 12.8 Å². The molecule has 1 N–H and O–H groups in total. The number of aliphatic hydroxyl groups is 1. The maximum Gasteiger partial charge on any atom is 0.201 e. The van der Waals surface area contributed by atoms with Crippen LogP contribution in [0.25, 0.3) is 0 Å². The standard InChI is InChI=1S/C12H23O2/c1-2-3-4-5-6-7-8-9-12(14)10-11-13/h12,14H,2-10H2,1H3. The molecule has 0 saturated carbocycles. The lowest BCUT2D eigenvalue weighted by Gasteiger charge is -2.05. The highest BCUT2D eigenvalue weighted by Crippen LogP contribution is 2.10. The monoisotopic (exact) mass is 199 g/mol. The Labute approximate surface area is 87.7 Å². The van der Waals surface area contributed by atoms with E-state index < -0.39 is 6.10 Å². The van der Waals surface area contributed by atoms with E-state index in [0.29, 0.717) is 0 Å². The molecule has 2 nitrogen and oxygen atoms in total. The summed E-state index contributed by atoms with van der Waals surface area (Å²) in [6, 6.07) is 0. The maximum absolute atomic E-state index is 9.94. The number of aliphatic hydroxyl groups excluding tert-OH is 1. The first-order valence-corrected chi connectivity index (χ1v) is 5.84. The van der Waals surface area contributed by atoms with Gasteiger partial charge in [-0.25, -0.2) is 0 Å². The fourth-order valence-corrected chi connectivity index (χ4v) is 1.54. The van der Waals surface area contributed by atoms with Crippen LogP contribution in [-0.4, -0.2) is 17.5 Å². The lowest BCUT2D eigenvalue weighted by Crippen LogP contribution is -2.06. The summed E-state index contributed by atoms with van der Waals surface area (Å²) in [7, 11) is 0. The van der Waals surface area contributed by atoms with Crippen LogP contribution in [0.5, 0.6) is 0 Å². The Morgan fingerprint density at radius 1 is 1.07 bits per heavy atom. The predicted octanol–water partition coefficient (Wildman–Crippen LogP) is 2.99. The van der Waals surface area contributed by atoms with Gasteiger partial charge < -0.3 is 5.11 Å². The Morgan fingerprint density at radius 3 is 2.21 bits per heavy atom. The zero-order valence-electron chi connectivity index (χ0n) is 9.30. The Bertz CT molecular complexity index is 123. The third-order valence-electron chi connectivity index (χ3n) is 2.46. The van der Waals surface area contributed by atoms with Crippen LogP contribution < -0.4 is 0 Å². The molecule has 1 unspecified atom stereocenters. The molecule has 0 heterocycles. The molecule has 0 aliphatic heterocycles. The topological polar surface area (TPSA) is 37.3 Å². The molecule has 0 spiro atoms. The van der Waals surface area contributed by atoms with Crippen LogP contribution in [-0.2, 0) is 4.79 Å². The summed E-state index contributed by atoms with van der Waals surface area (Å²) < 4.78 is 0. The minimum absolute atomic E-state index is 0.176. The van der Waals surface area contributed by atoms with Crippen molar-refractivity contribution in [3.63, 3.8) is 0 Å². The van der Waals surface area contributed by atoms with Crippen molar-refractivity contribution in [3.05, 3.63) is 0 Å². The van der Waals surface area contributed by atoms with Gasteiger partial charge >= 0.3 is 0 Å². The van der Waals surface area contributed by atoms with Crippen molar-refractivity contribution in [3.8, 4) is 0 Å². The molecule has 0 bridgehead atoms. The highest BCUT2D eigenvalue weighted by molar-refractivity contribution is 5.51. The average molecular weight is 199 g/mol. The van der Waals surface area contributed by atoms with Crippen molar-refractivity contribution in [2.75, 3.05) is 0 Å². The molecule has 0 aliphatic rings. The van der Waals surface area contributed by atoms with E-state index in [-0.39, 0.29) is 6.42 Å². The molecule has 0 aromatic rings. The number of hydrogen-bond acceptors (Lipinski definition) is 2. The van der Waals surface area contributed by atoms with Crippen LogP contribution in [0.2, 0.25) is 0 Å². The van der Waals surface area contributed by atoms with E-state index in [1.807, 2.05) is 0 Å². The van der Waals surface area contributed by atoms with Gasteiger partial charge in [0.05, 0.1) is 6.10 Å². The van der Waals surface area contributed by atoms with Crippen molar-refractivity contribution in [1.29, 1.82) is 0 Å². The largest absolute Gasteiger partial charge is 0.393 e. The summed E-state index contributed by atoms with van der Waals surface area (Å²) in [5, 5.41) is 9.23. The molecule has 0 aliphatic carbocycles. The summed E-state index contributed by atoms with van der Waals surface area (Å²) in [5.41, 5.74) is 0. The third kappa shape index (κ3) is 9.72. The first-order chi connectivity index (χ1) is 6.81. The molecule has 0 saturated heterocycles. The minimum atomic E-state index is -0.455. The number of rotatable bonds is 10. The van der Waals surface area contributed by atoms with Gasteiger partial charge in [0.2, 0.25) is 6.29 Å². The van der Waals surface area contributed by atoms with Crippen molar-refractivity contribution >= 4 is 6.29 Å². The summed E-state index contributed by atoms with van der Waals surface area (Å²) >= 11 is 0. The summed E-state index contributed by atoms with van der Waals surface area (Å²) in [4.78, 5) is 9.94. The van der Waals surface area contributed by atoms with Gasteiger partial charge in [0.15, 0.2) is 0 Å². The molecular weight excluding hydrogens is 176 g/mol. The first-order valence-electron chi connectivity index (χ1n) is 5.84. The zero-order valence-corrected chi connectivity index (χ0v) is 9.30. The van der Waals surface area contributed by atoms with Gasteiger partial charge in [-0.15, -0.1) is 0 Å². The predicted molar refractivity (Wildman–Crippen MR) is 58.9 cm³/mol. The van der Waals surface area contributed by atoms with E-state index in [2.05, 4.69) is 6.92 Å². The molecule has 0 aromatic heterocycles. The normalized spacial score (nSPS) is 12.7. The Kier molecular flexibility index (Phi) is 10.4. The van der Waals surface area contributed by atoms with Gasteiger partial charge in [-0.1, -0.05) is 51.9 Å². The van der Waals surface area contributed by atoms with Crippen LogP contribution in [0.3, 0.4) is 0 Å². The second-order valence-corrected chi connectivity index (χ2v) is 3.91. The SMILES string of the molecule is CCCCCCCCCC(O)C[C]=O. The van der Waals surface area contributed by atoms with Crippen molar-refractivity contribution in [2.24, 2.45) is 0 Å². The molecule has 0 amide bonds. The van der Waals surface area contributed by atoms with Gasteiger partial charge in [0, 0.05) is 6.42 Å². The van der Waals surface area contributed by atoms with Crippen LogP contribution in [0.4, 0.5) is 0 Å². The lowest BCUT2D eigenvalue weighted by atomic mass is 10.1.